The third kappa shape index (κ3) is 4.77. The van der Waals surface area contributed by atoms with Crippen molar-refractivity contribution in [2.45, 2.75) is 11.6 Å². The fraction of sp³-hybridized carbons (Fsp3) is 0.0833. The van der Waals surface area contributed by atoms with Gasteiger partial charge in [-0.1, -0.05) is 98.6 Å². The molecule has 3 aromatic rings. The van der Waals surface area contributed by atoms with Gasteiger partial charge in [-0.05, 0) is 35.4 Å². The second-order valence-electron chi connectivity index (χ2n) is 6.66. The van der Waals surface area contributed by atoms with E-state index in [1.54, 1.807) is 54.6 Å². The van der Waals surface area contributed by atoms with Crippen LogP contribution in [-0.2, 0) is 4.79 Å². The van der Waals surface area contributed by atoms with Crippen molar-refractivity contribution in [1.29, 1.82) is 0 Å². The summed E-state index contributed by atoms with van der Waals surface area (Å²) in [6, 6.07) is 21.6. The first-order valence-corrected chi connectivity index (χ1v) is 10.6. The molecule has 0 radical (unpaired) electrons. The fourth-order valence-electron chi connectivity index (χ4n) is 3.16. The van der Waals surface area contributed by atoms with Crippen LogP contribution in [0, 0.1) is 0 Å². The number of alkyl halides is 1. The molecule has 0 heterocycles. The van der Waals surface area contributed by atoms with Crippen LogP contribution in [0.15, 0.2) is 93.9 Å². The van der Waals surface area contributed by atoms with Gasteiger partial charge in [-0.15, -0.1) is 0 Å². The molecule has 0 aliphatic heterocycles. The summed E-state index contributed by atoms with van der Waals surface area (Å²) >= 11 is 6.71. The maximum atomic E-state index is 16.2. The highest BCUT2D eigenvalue weighted by atomic mass is 79.9. The van der Waals surface area contributed by atoms with Gasteiger partial charge in [0.15, 0.2) is 0 Å². The average molecular weight is 532 g/mol. The van der Waals surface area contributed by atoms with Crippen LogP contribution < -0.4 is 0 Å². The summed E-state index contributed by atoms with van der Waals surface area (Å²) in [5.74, 6) is -4.28. The molecular formula is C24H17Br2FO3. The van der Waals surface area contributed by atoms with E-state index >= 15 is 4.39 Å². The fourth-order valence-corrected chi connectivity index (χ4v) is 4.00. The third-order valence-electron chi connectivity index (χ3n) is 4.64. The molecule has 2 atom stereocenters. The summed E-state index contributed by atoms with van der Waals surface area (Å²) in [5.41, 5.74) is -2.09. The van der Waals surface area contributed by atoms with Gasteiger partial charge in [0, 0.05) is 14.5 Å². The maximum absolute atomic E-state index is 16.2. The van der Waals surface area contributed by atoms with Crippen molar-refractivity contribution in [2.75, 3.05) is 0 Å². The summed E-state index contributed by atoms with van der Waals surface area (Å²) in [6.07, 6.45) is 3.05. The molecule has 0 spiro atoms. The minimum absolute atomic E-state index is 0.00162. The minimum Gasteiger partial charge on any atom is -0.478 e. The van der Waals surface area contributed by atoms with Crippen molar-refractivity contribution < 1.29 is 19.1 Å². The van der Waals surface area contributed by atoms with Crippen LogP contribution in [0.2, 0.25) is 0 Å². The molecule has 0 aromatic heterocycles. The number of carbonyl (C=O) groups is 2. The van der Waals surface area contributed by atoms with Crippen molar-refractivity contribution in [1.82, 2.24) is 0 Å². The highest BCUT2D eigenvalue weighted by Crippen LogP contribution is 2.38. The van der Waals surface area contributed by atoms with E-state index in [2.05, 4.69) is 31.9 Å². The lowest BCUT2D eigenvalue weighted by Crippen LogP contribution is -2.47. The van der Waals surface area contributed by atoms with Crippen molar-refractivity contribution in [3.63, 3.8) is 0 Å². The zero-order chi connectivity index (χ0) is 21.7. The number of allylic oxidation sites excluding steroid dienone is 1. The Hall–Kier alpha value is -2.57. The molecule has 3 aromatic carbocycles. The van der Waals surface area contributed by atoms with Crippen LogP contribution in [0.5, 0.6) is 0 Å². The second-order valence-corrected chi connectivity index (χ2v) is 8.49. The standard InChI is InChI=1S/C24H17Br2FO3/c25-19-10-4-6-16(14-19)12-13-21(18-9-5-11-20(26)15-18)24(27,23(29)30)22(28)17-7-2-1-3-8-17/h1-15,21H,(H,29,30). The summed E-state index contributed by atoms with van der Waals surface area (Å²) in [4.78, 5) is 25.2. The first-order chi connectivity index (χ1) is 14.3. The van der Waals surface area contributed by atoms with Gasteiger partial charge < -0.3 is 5.11 Å². The van der Waals surface area contributed by atoms with E-state index in [4.69, 9.17) is 0 Å². The molecule has 0 amide bonds. The molecule has 1 N–H and O–H groups in total. The van der Waals surface area contributed by atoms with Crippen LogP contribution in [-0.4, -0.2) is 22.5 Å². The molecule has 3 rings (SSSR count). The van der Waals surface area contributed by atoms with Crippen molar-refractivity contribution in [3.8, 4) is 0 Å². The zero-order valence-corrected chi connectivity index (χ0v) is 18.8. The Morgan fingerprint density at radius 1 is 0.900 bits per heavy atom. The molecule has 3 nitrogen and oxygen atoms in total. The number of carboxylic acid groups (broad SMARTS) is 1. The van der Waals surface area contributed by atoms with Crippen molar-refractivity contribution in [2.24, 2.45) is 0 Å². The summed E-state index contributed by atoms with van der Waals surface area (Å²) < 4.78 is 17.7. The predicted octanol–water partition coefficient (Wildman–Crippen LogP) is 6.68. The molecule has 0 aliphatic rings. The Bertz CT molecular complexity index is 1100. The Labute approximate surface area is 190 Å². The number of hydrogen-bond acceptors (Lipinski definition) is 2. The molecule has 6 heteroatoms. The van der Waals surface area contributed by atoms with E-state index in [9.17, 15) is 14.7 Å². The largest absolute Gasteiger partial charge is 0.478 e. The monoisotopic (exact) mass is 530 g/mol. The third-order valence-corrected chi connectivity index (χ3v) is 5.63. The molecule has 30 heavy (non-hydrogen) atoms. The van der Waals surface area contributed by atoms with E-state index in [1.165, 1.54) is 18.2 Å². The Morgan fingerprint density at radius 2 is 1.53 bits per heavy atom. The van der Waals surface area contributed by atoms with E-state index < -0.39 is 23.3 Å². The number of Topliss-reactive ketones (excluding diaryl/α,β-unsaturated/α-hetero) is 1. The first-order valence-electron chi connectivity index (χ1n) is 9.03. The molecule has 2 unspecified atom stereocenters. The summed E-state index contributed by atoms with van der Waals surface area (Å²) in [5, 5.41) is 9.86. The van der Waals surface area contributed by atoms with Gasteiger partial charge in [-0.2, -0.15) is 0 Å². The number of carboxylic acids is 1. The minimum atomic E-state index is -3.19. The Balaban J connectivity index is 2.15. The number of benzene rings is 3. The summed E-state index contributed by atoms with van der Waals surface area (Å²) in [7, 11) is 0. The van der Waals surface area contributed by atoms with Crippen LogP contribution >= 0.6 is 31.9 Å². The number of halogens is 3. The second kappa shape index (κ2) is 9.49. The molecule has 0 saturated carbocycles. The van der Waals surface area contributed by atoms with Crippen LogP contribution in [0.3, 0.4) is 0 Å². The van der Waals surface area contributed by atoms with E-state index in [1.807, 2.05) is 18.2 Å². The number of rotatable bonds is 7. The lowest BCUT2D eigenvalue weighted by molar-refractivity contribution is -0.148. The van der Waals surface area contributed by atoms with Crippen LogP contribution in [0.25, 0.3) is 6.08 Å². The Morgan fingerprint density at radius 3 is 2.13 bits per heavy atom. The Kier molecular flexibility index (Phi) is 7.00. The lowest BCUT2D eigenvalue weighted by Gasteiger charge is -2.27. The maximum Gasteiger partial charge on any atom is 0.350 e. The quantitative estimate of drug-likeness (QED) is 0.273. The van der Waals surface area contributed by atoms with Gasteiger partial charge in [0.1, 0.15) is 0 Å². The number of ketones is 1. The molecule has 152 valence electrons. The van der Waals surface area contributed by atoms with Gasteiger partial charge in [0.05, 0.1) is 5.92 Å². The van der Waals surface area contributed by atoms with Crippen LogP contribution in [0.4, 0.5) is 4.39 Å². The highest BCUT2D eigenvalue weighted by Gasteiger charge is 2.53. The molecule has 0 aliphatic carbocycles. The average Bonchev–Trinajstić information content (AvgIpc) is 2.73. The first kappa shape index (κ1) is 22.1. The van der Waals surface area contributed by atoms with Gasteiger partial charge in [0.2, 0.25) is 5.78 Å². The van der Waals surface area contributed by atoms with Gasteiger partial charge in [-0.3, -0.25) is 4.79 Å². The highest BCUT2D eigenvalue weighted by molar-refractivity contribution is 9.10. The number of hydrogen-bond donors (Lipinski definition) is 1. The van der Waals surface area contributed by atoms with Gasteiger partial charge in [-0.25, -0.2) is 9.18 Å². The van der Waals surface area contributed by atoms with Crippen molar-refractivity contribution in [3.05, 3.63) is 111 Å². The van der Waals surface area contributed by atoms with Crippen LogP contribution in [0.1, 0.15) is 27.4 Å². The SMILES string of the molecule is O=C(O)C(F)(C(=O)c1ccccc1)C(C=Cc1cccc(Br)c1)c1cccc(Br)c1. The number of aliphatic carboxylic acids is 1. The topological polar surface area (TPSA) is 54.4 Å². The van der Waals surface area contributed by atoms with Crippen molar-refractivity contribution >= 4 is 49.7 Å². The zero-order valence-electron chi connectivity index (χ0n) is 15.6. The molecule has 0 bridgehead atoms. The summed E-state index contributed by atoms with van der Waals surface area (Å²) in [6.45, 7) is 0. The van der Waals surface area contributed by atoms with E-state index in [0.717, 1.165) is 10.0 Å². The smallest absolute Gasteiger partial charge is 0.350 e. The molecule has 0 saturated heterocycles. The predicted molar refractivity (Wildman–Crippen MR) is 122 cm³/mol. The van der Waals surface area contributed by atoms with E-state index in [-0.39, 0.29) is 5.56 Å². The van der Waals surface area contributed by atoms with Gasteiger partial charge in [0.25, 0.3) is 5.67 Å². The molecule has 0 fully saturated rings. The normalized spacial score (nSPS) is 14.2. The van der Waals surface area contributed by atoms with Gasteiger partial charge >= 0.3 is 5.97 Å². The van der Waals surface area contributed by atoms with E-state index in [0.29, 0.717) is 10.0 Å². The number of carbonyl (C=O) groups excluding carboxylic acids is 1. The lowest BCUT2D eigenvalue weighted by atomic mass is 9.78. The molecular weight excluding hydrogens is 515 g/mol.